The average molecular weight is 247 g/mol. The Bertz CT molecular complexity index is 123. The normalized spacial score (nSPS) is 9.53. The summed E-state index contributed by atoms with van der Waals surface area (Å²) >= 11 is 0. The second kappa shape index (κ2) is 20.7. The first kappa shape index (κ1) is 18.7. The molecule has 0 aliphatic heterocycles. The van der Waals surface area contributed by atoms with Crippen LogP contribution >= 0.6 is 0 Å². The molecule has 0 radical (unpaired) electrons. The van der Waals surface area contributed by atoms with E-state index >= 15 is 0 Å². The van der Waals surface area contributed by atoms with Crippen molar-refractivity contribution in [2.24, 2.45) is 17.2 Å². The maximum Gasteiger partial charge on any atom is 0.204 e. The van der Waals surface area contributed by atoms with Gasteiger partial charge < -0.3 is 27.8 Å². The standard InChI is InChI=1S/C10H26N4.CH3NO/c11-5-3-9-13-7-1-2-8-14-10-4-6-12;2-1-3/h13-14H,1-12H2;1H,(H2,2,3). The maximum atomic E-state index is 8.58. The molecule has 6 nitrogen and oxygen atoms in total. The molecule has 6 heteroatoms. The molecule has 0 bridgehead atoms. The van der Waals surface area contributed by atoms with Crippen LogP contribution < -0.4 is 27.8 Å². The van der Waals surface area contributed by atoms with Gasteiger partial charge in [-0.05, 0) is 65.0 Å². The first-order valence-corrected chi connectivity index (χ1v) is 6.30. The van der Waals surface area contributed by atoms with E-state index in [0.717, 1.165) is 52.1 Å². The van der Waals surface area contributed by atoms with Gasteiger partial charge in [0.2, 0.25) is 6.41 Å². The molecule has 0 fully saturated rings. The van der Waals surface area contributed by atoms with E-state index in [1.165, 1.54) is 12.8 Å². The Morgan fingerprint density at radius 2 is 1.06 bits per heavy atom. The molecule has 0 atom stereocenters. The average Bonchev–Trinajstić information content (AvgIpc) is 2.33. The predicted molar refractivity (Wildman–Crippen MR) is 72.6 cm³/mol. The van der Waals surface area contributed by atoms with Crippen molar-refractivity contribution in [2.45, 2.75) is 25.7 Å². The smallest absolute Gasteiger partial charge is 0.204 e. The van der Waals surface area contributed by atoms with Crippen molar-refractivity contribution >= 4 is 6.41 Å². The van der Waals surface area contributed by atoms with Gasteiger partial charge in [-0.2, -0.15) is 0 Å². The molecule has 0 aromatic heterocycles. The molecule has 0 aliphatic carbocycles. The molecule has 0 saturated carbocycles. The second-order valence-electron chi connectivity index (χ2n) is 3.63. The van der Waals surface area contributed by atoms with Crippen LogP contribution in [0.1, 0.15) is 25.7 Å². The number of amides is 1. The van der Waals surface area contributed by atoms with Crippen molar-refractivity contribution in [3.05, 3.63) is 0 Å². The van der Waals surface area contributed by atoms with Gasteiger partial charge in [0.05, 0.1) is 0 Å². The van der Waals surface area contributed by atoms with E-state index in [1.807, 2.05) is 0 Å². The third-order valence-corrected chi connectivity index (χ3v) is 2.07. The zero-order valence-corrected chi connectivity index (χ0v) is 10.8. The third-order valence-electron chi connectivity index (χ3n) is 2.07. The van der Waals surface area contributed by atoms with Gasteiger partial charge >= 0.3 is 0 Å². The Balaban J connectivity index is 0. The summed E-state index contributed by atoms with van der Waals surface area (Å²) in [6.45, 7) is 5.90. The Labute approximate surface area is 105 Å². The molecular weight excluding hydrogens is 218 g/mol. The minimum absolute atomic E-state index is 0.250. The zero-order chi connectivity index (χ0) is 13.2. The Morgan fingerprint density at radius 1 is 0.765 bits per heavy atom. The van der Waals surface area contributed by atoms with E-state index in [0.29, 0.717) is 0 Å². The van der Waals surface area contributed by atoms with E-state index in [9.17, 15) is 0 Å². The van der Waals surface area contributed by atoms with Crippen molar-refractivity contribution in [2.75, 3.05) is 39.3 Å². The highest BCUT2D eigenvalue weighted by atomic mass is 16.1. The van der Waals surface area contributed by atoms with Crippen LogP contribution in [-0.2, 0) is 4.79 Å². The van der Waals surface area contributed by atoms with Crippen molar-refractivity contribution in [1.29, 1.82) is 0 Å². The molecule has 0 aromatic rings. The van der Waals surface area contributed by atoms with Gasteiger partial charge in [-0.3, -0.25) is 4.79 Å². The lowest BCUT2D eigenvalue weighted by atomic mass is 10.3. The molecule has 0 spiro atoms. The lowest BCUT2D eigenvalue weighted by Gasteiger charge is -2.04. The van der Waals surface area contributed by atoms with Crippen molar-refractivity contribution in [1.82, 2.24) is 10.6 Å². The number of nitrogens with one attached hydrogen (secondary N) is 2. The SMILES string of the molecule is NC=O.NCCCNCCCCNCCCN. The van der Waals surface area contributed by atoms with Crippen LogP contribution in [0.5, 0.6) is 0 Å². The van der Waals surface area contributed by atoms with Crippen molar-refractivity contribution in [3.63, 3.8) is 0 Å². The first-order valence-electron chi connectivity index (χ1n) is 6.30. The van der Waals surface area contributed by atoms with Crippen LogP contribution in [-0.4, -0.2) is 45.7 Å². The molecule has 0 saturated heterocycles. The van der Waals surface area contributed by atoms with Crippen LogP contribution in [0.2, 0.25) is 0 Å². The molecule has 104 valence electrons. The van der Waals surface area contributed by atoms with E-state index in [1.54, 1.807) is 0 Å². The van der Waals surface area contributed by atoms with E-state index in [-0.39, 0.29) is 6.41 Å². The minimum Gasteiger partial charge on any atom is -0.372 e. The van der Waals surface area contributed by atoms with Gasteiger partial charge in [0.1, 0.15) is 0 Å². The molecular formula is C11H29N5O. The quantitative estimate of drug-likeness (QED) is 0.231. The topological polar surface area (TPSA) is 119 Å². The number of carbonyl (C=O) groups is 1. The summed E-state index contributed by atoms with van der Waals surface area (Å²) in [4.78, 5) is 8.58. The minimum atomic E-state index is 0.250. The number of rotatable bonds is 11. The predicted octanol–water partition coefficient (Wildman–Crippen LogP) is -1.26. The zero-order valence-electron chi connectivity index (χ0n) is 10.8. The molecule has 0 aromatic carbocycles. The lowest BCUT2D eigenvalue weighted by Crippen LogP contribution is -2.22. The maximum absolute atomic E-state index is 8.58. The fourth-order valence-electron chi connectivity index (χ4n) is 1.20. The van der Waals surface area contributed by atoms with Gasteiger partial charge in [0, 0.05) is 0 Å². The number of primary amides is 1. The highest BCUT2D eigenvalue weighted by Crippen LogP contribution is 1.84. The van der Waals surface area contributed by atoms with Crippen LogP contribution in [0, 0.1) is 0 Å². The van der Waals surface area contributed by atoms with Crippen LogP contribution in [0.3, 0.4) is 0 Å². The van der Waals surface area contributed by atoms with E-state index in [2.05, 4.69) is 16.4 Å². The summed E-state index contributed by atoms with van der Waals surface area (Å²) in [7, 11) is 0. The van der Waals surface area contributed by atoms with Crippen LogP contribution in [0.25, 0.3) is 0 Å². The summed E-state index contributed by atoms with van der Waals surface area (Å²) in [5.74, 6) is 0. The monoisotopic (exact) mass is 247 g/mol. The summed E-state index contributed by atoms with van der Waals surface area (Å²) in [5, 5.41) is 6.72. The van der Waals surface area contributed by atoms with Crippen LogP contribution in [0.15, 0.2) is 0 Å². The summed E-state index contributed by atoms with van der Waals surface area (Å²) in [5.41, 5.74) is 14.9. The molecule has 0 heterocycles. The lowest BCUT2D eigenvalue weighted by molar-refractivity contribution is -0.106. The highest BCUT2D eigenvalue weighted by molar-refractivity contribution is 5.42. The number of unbranched alkanes of at least 4 members (excludes halogenated alkanes) is 1. The second-order valence-corrected chi connectivity index (χ2v) is 3.63. The Hall–Kier alpha value is -0.690. The van der Waals surface area contributed by atoms with Gasteiger partial charge in [0.15, 0.2) is 0 Å². The van der Waals surface area contributed by atoms with Gasteiger partial charge in [0.25, 0.3) is 0 Å². The fraction of sp³-hybridized carbons (Fsp3) is 0.909. The third kappa shape index (κ3) is 25.5. The van der Waals surface area contributed by atoms with Crippen molar-refractivity contribution in [3.8, 4) is 0 Å². The summed E-state index contributed by atoms with van der Waals surface area (Å²) in [6.07, 6.45) is 4.88. The van der Waals surface area contributed by atoms with Crippen molar-refractivity contribution < 1.29 is 4.79 Å². The summed E-state index contributed by atoms with van der Waals surface area (Å²) in [6, 6.07) is 0. The molecule has 0 unspecified atom stereocenters. The van der Waals surface area contributed by atoms with Gasteiger partial charge in [-0.25, -0.2) is 0 Å². The van der Waals surface area contributed by atoms with Crippen LogP contribution in [0.4, 0.5) is 0 Å². The highest BCUT2D eigenvalue weighted by Gasteiger charge is 1.89. The number of carbonyl (C=O) groups excluding carboxylic acids is 1. The molecule has 1 amide bonds. The Kier molecular flexibility index (Phi) is 22.7. The van der Waals surface area contributed by atoms with Gasteiger partial charge in [-0.15, -0.1) is 0 Å². The first-order chi connectivity index (χ1) is 8.33. The fourth-order valence-corrected chi connectivity index (χ4v) is 1.20. The van der Waals surface area contributed by atoms with E-state index in [4.69, 9.17) is 16.3 Å². The van der Waals surface area contributed by atoms with E-state index < -0.39 is 0 Å². The molecule has 0 aliphatic rings. The number of hydrogen-bond donors (Lipinski definition) is 5. The molecule has 17 heavy (non-hydrogen) atoms. The summed E-state index contributed by atoms with van der Waals surface area (Å²) < 4.78 is 0. The number of hydrogen-bond acceptors (Lipinski definition) is 5. The molecule has 8 N–H and O–H groups in total. The Morgan fingerprint density at radius 3 is 1.35 bits per heavy atom. The van der Waals surface area contributed by atoms with Gasteiger partial charge in [-0.1, -0.05) is 0 Å². The number of nitrogens with two attached hydrogens (primary N) is 3. The molecule has 0 rings (SSSR count). The largest absolute Gasteiger partial charge is 0.372 e.